The third kappa shape index (κ3) is 3.58. The second kappa shape index (κ2) is 8.09. The molecule has 0 aliphatic rings. The van der Waals surface area contributed by atoms with E-state index >= 15 is 0 Å². The van der Waals surface area contributed by atoms with Crippen LogP contribution in [0.15, 0.2) is 72.4 Å². The number of rotatable bonds is 4. The van der Waals surface area contributed by atoms with Gasteiger partial charge in [0, 0.05) is 21.8 Å². The van der Waals surface area contributed by atoms with Crippen molar-refractivity contribution >= 4 is 64.5 Å². The van der Waals surface area contributed by atoms with Gasteiger partial charge in [-0.15, -0.1) is 0 Å². The second-order valence-electron chi connectivity index (χ2n) is 6.53. The second-order valence-corrected chi connectivity index (χ2v) is 9.09. The normalized spacial score (nSPS) is 11.2. The number of ketones is 1. The standard InChI is InChI=1S/C23H15Br3O3/c1-2-18-21(22(27)12-10-16(25)23(28)17(26)11-12)20-14(7-5-9-19(20)29-18)13-6-3-4-8-15(13)24/h3-11,28H,2H2,1H3. The van der Waals surface area contributed by atoms with E-state index in [1.54, 1.807) is 12.1 Å². The number of carbonyl (C=O) groups excluding carboxylic acids is 1. The van der Waals surface area contributed by atoms with Crippen LogP contribution in [0.3, 0.4) is 0 Å². The quantitative estimate of drug-likeness (QED) is 0.251. The predicted molar refractivity (Wildman–Crippen MR) is 126 cm³/mol. The summed E-state index contributed by atoms with van der Waals surface area (Å²) in [5.41, 5.74) is 3.61. The first-order valence-electron chi connectivity index (χ1n) is 8.94. The number of phenols is 1. The van der Waals surface area contributed by atoms with Gasteiger partial charge in [-0.2, -0.15) is 0 Å². The maximum atomic E-state index is 13.6. The number of hydrogen-bond donors (Lipinski definition) is 1. The minimum atomic E-state index is -0.151. The molecule has 0 bridgehead atoms. The summed E-state index contributed by atoms with van der Waals surface area (Å²) in [6.07, 6.45) is 0.589. The average molecular weight is 579 g/mol. The maximum Gasteiger partial charge on any atom is 0.197 e. The fourth-order valence-corrected chi connectivity index (χ4v) is 5.12. The lowest BCUT2D eigenvalue weighted by Gasteiger charge is -2.09. The molecule has 0 atom stereocenters. The van der Waals surface area contributed by atoms with Crippen LogP contribution >= 0.6 is 47.8 Å². The van der Waals surface area contributed by atoms with Crippen molar-refractivity contribution in [3.05, 3.63) is 84.9 Å². The van der Waals surface area contributed by atoms with Gasteiger partial charge in [0.05, 0.1) is 14.5 Å². The number of hydrogen-bond acceptors (Lipinski definition) is 3. The van der Waals surface area contributed by atoms with Gasteiger partial charge in [-0.05, 0) is 67.3 Å². The van der Waals surface area contributed by atoms with Crippen molar-refractivity contribution in [2.45, 2.75) is 13.3 Å². The van der Waals surface area contributed by atoms with Crippen molar-refractivity contribution in [2.75, 3.05) is 0 Å². The molecular formula is C23H15Br3O3. The monoisotopic (exact) mass is 576 g/mol. The third-order valence-electron chi connectivity index (χ3n) is 4.78. The van der Waals surface area contributed by atoms with E-state index < -0.39 is 0 Å². The highest BCUT2D eigenvalue weighted by Gasteiger charge is 2.25. The molecule has 0 aliphatic carbocycles. The lowest BCUT2D eigenvalue weighted by atomic mass is 9.93. The smallest absolute Gasteiger partial charge is 0.197 e. The maximum absolute atomic E-state index is 13.6. The number of furan rings is 1. The van der Waals surface area contributed by atoms with Gasteiger partial charge < -0.3 is 9.52 Å². The third-order valence-corrected chi connectivity index (χ3v) is 6.68. The number of benzene rings is 3. The van der Waals surface area contributed by atoms with E-state index in [1.807, 2.05) is 49.4 Å². The van der Waals surface area contributed by atoms with E-state index in [1.165, 1.54) is 0 Å². The molecule has 6 heteroatoms. The zero-order valence-corrected chi connectivity index (χ0v) is 20.1. The summed E-state index contributed by atoms with van der Waals surface area (Å²) in [6, 6.07) is 17.0. The molecule has 0 spiro atoms. The molecular weight excluding hydrogens is 564 g/mol. The van der Waals surface area contributed by atoms with Gasteiger partial charge in [-0.1, -0.05) is 53.2 Å². The minimum Gasteiger partial charge on any atom is -0.506 e. The van der Waals surface area contributed by atoms with E-state index in [4.69, 9.17) is 4.42 Å². The van der Waals surface area contributed by atoms with Crippen molar-refractivity contribution in [3.8, 4) is 16.9 Å². The summed E-state index contributed by atoms with van der Waals surface area (Å²) in [5, 5.41) is 10.8. The lowest BCUT2D eigenvalue weighted by molar-refractivity contribution is 0.103. The minimum absolute atomic E-state index is 0.0585. The van der Waals surface area contributed by atoms with Crippen molar-refractivity contribution in [2.24, 2.45) is 0 Å². The van der Waals surface area contributed by atoms with E-state index in [-0.39, 0.29) is 11.5 Å². The van der Waals surface area contributed by atoms with Crippen LogP contribution in [0, 0.1) is 0 Å². The Morgan fingerprint density at radius 3 is 2.24 bits per heavy atom. The topological polar surface area (TPSA) is 50.4 Å². The molecule has 146 valence electrons. The molecule has 29 heavy (non-hydrogen) atoms. The highest BCUT2D eigenvalue weighted by atomic mass is 79.9. The number of aryl methyl sites for hydroxylation is 1. The number of phenolic OH excluding ortho intramolecular Hbond substituents is 1. The molecule has 0 fully saturated rings. The fourth-order valence-electron chi connectivity index (χ4n) is 3.43. The molecule has 1 aromatic heterocycles. The first-order chi connectivity index (χ1) is 13.9. The molecule has 0 saturated heterocycles. The molecule has 4 aromatic rings. The zero-order chi connectivity index (χ0) is 20.7. The Balaban J connectivity index is 2.02. The van der Waals surface area contributed by atoms with Crippen LogP contribution in [0.2, 0.25) is 0 Å². The molecule has 0 amide bonds. The summed E-state index contributed by atoms with van der Waals surface area (Å²) < 4.78 is 7.91. The van der Waals surface area contributed by atoms with Gasteiger partial charge in [0.15, 0.2) is 5.78 Å². The van der Waals surface area contributed by atoms with Gasteiger partial charge in [-0.3, -0.25) is 4.79 Å². The van der Waals surface area contributed by atoms with Crippen LogP contribution < -0.4 is 0 Å². The highest BCUT2D eigenvalue weighted by Crippen LogP contribution is 2.40. The molecule has 4 rings (SSSR count). The predicted octanol–water partition coefficient (Wildman–Crippen LogP) is 7.89. The van der Waals surface area contributed by atoms with Crippen molar-refractivity contribution in [1.29, 1.82) is 0 Å². The molecule has 0 radical (unpaired) electrons. The van der Waals surface area contributed by atoms with Crippen molar-refractivity contribution < 1.29 is 14.3 Å². The van der Waals surface area contributed by atoms with Gasteiger partial charge in [0.1, 0.15) is 17.1 Å². The van der Waals surface area contributed by atoms with Crippen LogP contribution in [0.1, 0.15) is 28.6 Å². The zero-order valence-electron chi connectivity index (χ0n) is 15.3. The molecule has 0 aliphatic heterocycles. The van der Waals surface area contributed by atoms with Crippen molar-refractivity contribution in [1.82, 2.24) is 0 Å². The molecule has 3 aromatic carbocycles. The van der Waals surface area contributed by atoms with Crippen LogP contribution in [-0.4, -0.2) is 10.9 Å². The SMILES string of the molecule is CCc1oc2cccc(-c3ccccc3Br)c2c1C(=O)c1cc(Br)c(O)c(Br)c1. The van der Waals surface area contributed by atoms with Crippen LogP contribution in [-0.2, 0) is 6.42 Å². The molecule has 0 unspecified atom stereocenters. The number of halogens is 3. The number of fused-ring (bicyclic) bond motifs is 1. The highest BCUT2D eigenvalue weighted by molar-refractivity contribution is 9.11. The van der Waals surface area contributed by atoms with Gasteiger partial charge >= 0.3 is 0 Å². The number of aromatic hydroxyl groups is 1. The molecule has 3 nitrogen and oxygen atoms in total. The Labute approximate surface area is 193 Å². The largest absolute Gasteiger partial charge is 0.506 e. The van der Waals surface area contributed by atoms with Crippen LogP contribution in [0.5, 0.6) is 5.75 Å². The van der Waals surface area contributed by atoms with E-state index in [9.17, 15) is 9.90 Å². The van der Waals surface area contributed by atoms with Crippen LogP contribution in [0.25, 0.3) is 22.1 Å². The first-order valence-corrected chi connectivity index (χ1v) is 11.3. The lowest BCUT2D eigenvalue weighted by Crippen LogP contribution is -2.04. The summed E-state index contributed by atoms with van der Waals surface area (Å²) >= 11 is 10.2. The summed E-state index contributed by atoms with van der Waals surface area (Å²) in [5.74, 6) is 0.551. The summed E-state index contributed by atoms with van der Waals surface area (Å²) in [4.78, 5) is 13.6. The number of carbonyl (C=O) groups is 1. The van der Waals surface area contributed by atoms with Crippen molar-refractivity contribution in [3.63, 3.8) is 0 Å². The molecule has 1 N–H and O–H groups in total. The summed E-state index contributed by atoms with van der Waals surface area (Å²) in [7, 11) is 0. The van der Waals surface area contributed by atoms with Gasteiger partial charge in [0.2, 0.25) is 0 Å². The Morgan fingerprint density at radius 1 is 0.931 bits per heavy atom. The Bertz CT molecular complexity index is 1230. The van der Waals surface area contributed by atoms with Crippen LogP contribution in [0.4, 0.5) is 0 Å². The van der Waals surface area contributed by atoms with E-state index in [0.29, 0.717) is 37.8 Å². The van der Waals surface area contributed by atoms with E-state index in [0.717, 1.165) is 21.0 Å². The fraction of sp³-hybridized carbons (Fsp3) is 0.0870. The first kappa shape index (κ1) is 20.4. The Hall–Kier alpha value is -1.89. The Kier molecular flexibility index (Phi) is 5.69. The van der Waals surface area contributed by atoms with Gasteiger partial charge in [-0.25, -0.2) is 0 Å². The molecule has 0 saturated carbocycles. The summed E-state index contributed by atoms with van der Waals surface area (Å²) in [6.45, 7) is 1.97. The molecule has 1 heterocycles. The van der Waals surface area contributed by atoms with E-state index in [2.05, 4.69) is 47.8 Å². The van der Waals surface area contributed by atoms with Gasteiger partial charge in [0.25, 0.3) is 0 Å². The average Bonchev–Trinajstić information content (AvgIpc) is 3.10. The Morgan fingerprint density at radius 2 is 1.59 bits per heavy atom.